The van der Waals surface area contributed by atoms with Crippen LogP contribution in [0, 0.1) is 30.1 Å². The Labute approximate surface area is 252 Å². The van der Waals surface area contributed by atoms with Gasteiger partial charge in [-0.15, -0.1) is 0 Å². The summed E-state index contributed by atoms with van der Waals surface area (Å²) in [5, 5.41) is 8.29. The fraction of sp³-hybridized carbons (Fsp3) is 0.545. The monoisotopic (exact) mass is 590 g/mol. The Bertz CT molecular complexity index is 1640. The quantitative estimate of drug-likeness (QED) is 0.286. The maximum Gasteiger partial charge on any atom is 0.328 e. The third kappa shape index (κ3) is 5.39. The number of hydrogen-bond donors (Lipinski definition) is 3. The molecular formula is C33H43ClN6O2. The van der Waals surface area contributed by atoms with Crippen LogP contribution in [0.2, 0.25) is 5.02 Å². The van der Waals surface area contributed by atoms with Crippen molar-refractivity contribution in [2.75, 3.05) is 25.0 Å². The first kappa shape index (κ1) is 29.0. The molecule has 3 aliphatic carbocycles. The smallest absolute Gasteiger partial charge is 0.328 e. The number of nitrogens with zero attached hydrogens (tertiary/aromatic N) is 3. The molecule has 2 heterocycles. The molecule has 2 aromatic carbocycles. The van der Waals surface area contributed by atoms with Gasteiger partial charge in [0.15, 0.2) is 5.96 Å². The van der Waals surface area contributed by atoms with Crippen molar-refractivity contribution in [1.82, 2.24) is 19.8 Å². The van der Waals surface area contributed by atoms with Crippen LogP contribution in [0.4, 0.5) is 5.69 Å². The second-order valence-electron chi connectivity index (χ2n) is 13.4. The minimum absolute atomic E-state index is 0.283. The first-order valence-corrected chi connectivity index (χ1v) is 15.7. The van der Waals surface area contributed by atoms with E-state index < -0.39 is 5.69 Å². The predicted molar refractivity (Wildman–Crippen MR) is 172 cm³/mol. The molecular weight excluding hydrogens is 548 g/mol. The summed E-state index contributed by atoms with van der Waals surface area (Å²) in [6, 6.07) is 11.9. The van der Waals surface area contributed by atoms with Crippen LogP contribution in [-0.4, -0.2) is 52.1 Å². The van der Waals surface area contributed by atoms with E-state index in [-0.39, 0.29) is 11.6 Å². The van der Waals surface area contributed by atoms with Crippen LogP contribution in [0.15, 0.2) is 51.0 Å². The number of halogens is 1. The molecule has 2 bridgehead atoms. The number of hydrogen-bond acceptors (Lipinski definition) is 4. The van der Waals surface area contributed by atoms with Gasteiger partial charge < -0.3 is 20.5 Å². The number of fused-ring (bicyclic) bond motifs is 3. The molecule has 3 aromatic rings. The zero-order chi connectivity index (χ0) is 29.8. The summed E-state index contributed by atoms with van der Waals surface area (Å²) in [6.07, 6.45) is 3.01. The highest BCUT2D eigenvalue weighted by molar-refractivity contribution is 6.30. The topological polar surface area (TPSA) is 94.5 Å². The number of aryl methyl sites for hydroxylation is 2. The molecule has 4 fully saturated rings. The molecule has 0 spiro atoms. The second kappa shape index (κ2) is 11.2. The molecule has 8 nitrogen and oxygen atoms in total. The molecule has 224 valence electrons. The van der Waals surface area contributed by atoms with Crippen LogP contribution in [0.25, 0.3) is 10.9 Å². The highest BCUT2D eigenvalue weighted by Crippen LogP contribution is 2.61. The van der Waals surface area contributed by atoms with Gasteiger partial charge in [0.05, 0.1) is 16.9 Å². The third-order valence-electron chi connectivity index (χ3n) is 10.4. The van der Waals surface area contributed by atoms with Gasteiger partial charge in [0, 0.05) is 42.9 Å². The van der Waals surface area contributed by atoms with Crippen LogP contribution in [0.5, 0.6) is 0 Å². The fourth-order valence-corrected chi connectivity index (χ4v) is 7.83. The molecule has 1 aliphatic heterocycles. The largest absolute Gasteiger partial charge is 0.340 e. The Balaban J connectivity index is 1.27. The molecule has 5 atom stereocenters. The predicted octanol–water partition coefficient (Wildman–Crippen LogP) is 5.03. The summed E-state index contributed by atoms with van der Waals surface area (Å²) in [4.78, 5) is 37.1. The highest BCUT2D eigenvalue weighted by atomic mass is 35.5. The lowest BCUT2D eigenvalue weighted by molar-refractivity contribution is -0.108. The van der Waals surface area contributed by atoms with Gasteiger partial charge in [-0.05, 0) is 97.7 Å². The Morgan fingerprint density at radius 3 is 2.67 bits per heavy atom. The van der Waals surface area contributed by atoms with Crippen LogP contribution in [0.3, 0.4) is 0 Å². The molecule has 0 amide bonds. The highest BCUT2D eigenvalue weighted by Gasteiger charge is 2.56. The van der Waals surface area contributed by atoms with E-state index in [1.54, 1.807) is 6.07 Å². The van der Waals surface area contributed by atoms with Crippen molar-refractivity contribution in [3.05, 3.63) is 73.4 Å². The Kier molecular flexibility index (Phi) is 7.73. The minimum atomic E-state index is -0.404. The Morgan fingerprint density at radius 2 is 1.95 bits per heavy atom. The van der Waals surface area contributed by atoms with Crippen LogP contribution in [-0.2, 0) is 13.0 Å². The van der Waals surface area contributed by atoms with Crippen molar-refractivity contribution in [3.63, 3.8) is 0 Å². The second-order valence-corrected chi connectivity index (χ2v) is 13.8. The fourth-order valence-electron chi connectivity index (χ4n) is 7.60. The lowest BCUT2D eigenvalue weighted by atomic mass is 9.45. The molecule has 3 N–H and O–H groups in total. The Morgan fingerprint density at radius 1 is 1.14 bits per heavy atom. The number of benzene rings is 2. The molecule has 7 rings (SSSR count). The van der Waals surface area contributed by atoms with E-state index in [4.69, 9.17) is 16.6 Å². The SMILES string of the molecule is Cc1cc(Cl)ccc1CCn1c(=O)[nH]c2cc(NC(=N[C@H]3C[C@H]4C[C@@H]([C@@H]3C)C4(C)C)N3CCN[C@@H](C)C3)ccc2c1=O. The van der Waals surface area contributed by atoms with Crippen molar-refractivity contribution >= 4 is 34.2 Å². The molecule has 3 saturated carbocycles. The average molecular weight is 591 g/mol. The third-order valence-corrected chi connectivity index (χ3v) is 10.7. The van der Waals surface area contributed by atoms with E-state index in [0.29, 0.717) is 52.2 Å². The summed E-state index contributed by atoms with van der Waals surface area (Å²) < 4.78 is 1.29. The van der Waals surface area contributed by atoms with Gasteiger partial charge >= 0.3 is 5.69 Å². The first-order chi connectivity index (χ1) is 20.0. The molecule has 4 aliphatic rings. The molecule has 42 heavy (non-hydrogen) atoms. The summed E-state index contributed by atoms with van der Waals surface area (Å²) in [5.74, 6) is 2.86. The number of rotatable bonds is 5. The summed E-state index contributed by atoms with van der Waals surface area (Å²) >= 11 is 6.09. The normalized spacial score (nSPS) is 27.1. The van der Waals surface area contributed by atoms with Gasteiger partial charge in [-0.3, -0.25) is 9.36 Å². The van der Waals surface area contributed by atoms with Crippen molar-refractivity contribution in [2.24, 2.45) is 28.2 Å². The molecule has 9 heteroatoms. The summed E-state index contributed by atoms with van der Waals surface area (Å²) in [7, 11) is 0. The number of aromatic amines is 1. The van der Waals surface area contributed by atoms with E-state index in [2.05, 4.69) is 48.2 Å². The van der Waals surface area contributed by atoms with Crippen molar-refractivity contribution in [2.45, 2.75) is 72.5 Å². The number of nitrogens with one attached hydrogen (secondary N) is 3. The number of piperazine rings is 1. The number of aliphatic imine (C=N–C) groups is 1. The summed E-state index contributed by atoms with van der Waals surface area (Å²) in [5.41, 5.74) is 3.17. The van der Waals surface area contributed by atoms with Gasteiger partial charge in [-0.1, -0.05) is 38.4 Å². The Hall–Kier alpha value is -3.10. The maximum absolute atomic E-state index is 13.4. The van der Waals surface area contributed by atoms with E-state index in [0.717, 1.165) is 54.7 Å². The van der Waals surface area contributed by atoms with Crippen molar-refractivity contribution in [3.8, 4) is 0 Å². The van der Waals surface area contributed by atoms with E-state index in [9.17, 15) is 9.59 Å². The molecule has 0 unspecified atom stereocenters. The van der Waals surface area contributed by atoms with Gasteiger partial charge in [0.1, 0.15) is 0 Å². The number of H-pyrrole nitrogens is 1. The first-order valence-electron chi connectivity index (χ1n) is 15.4. The minimum Gasteiger partial charge on any atom is -0.340 e. The number of anilines is 1. The van der Waals surface area contributed by atoms with Gasteiger partial charge in [0.2, 0.25) is 0 Å². The molecule has 1 aromatic heterocycles. The van der Waals surface area contributed by atoms with Crippen LogP contribution >= 0.6 is 11.6 Å². The zero-order valence-corrected chi connectivity index (χ0v) is 26.1. The molecule has 0 radical (unpaired) electrons. The van der Waals surface area contributed by atoms with Crippen molar-refractivity contribution in [1.29, 1.82) is 0 Å². The van der Waals surface area contributed by atoms with E-state index >= 15 is 0 Å². The standard InChI is InChI=1S/C33H43ClN6O2/c1-19-14-24(34)7-6-22(19)10-12-40-30(41)26-9-8-25(17-29(26)38-32(40)42)36-31(39-13-11-35-20(2)18-39)37-28-16-23-15-27(21(28)3)33(23,4)5/h6-9,14,17,20-21,23,27-28,35H,10-13,15-16,18H2,1-5H3,(H,36,37)(H,38,42)/t20-,21-,23+,27-,28-/m0/s1. The van der Waals surface area contributed by atoms with Crippen molar-refractivity contribution < 1.29 is 0 Å². The lowest BCUT2D eigenvalue weighted by Crippen LogP contribution is -2.57. The lowest BCUT2D eigenvalue weighted by Gasteiger charge is -2.61. The van der Waals surface area contributed by atoms with E-state index in [1.807, 2.05) is 37.3 Å². The zero-order valence-electron chi connectivity index (χ0n) is 25.3. The number of aromatic nitrogens is 2. The van der Waals surface area contributed by atoms with E-state index in [1.165, 1.54) is 11.0 Å². The maximum atomic E-state index is 13.4. The molecule has 1 saturated heterocycles. The van der Waals surface area contributed by atoms with Crippen LogP contribution in [0.1, 0.15) is 51.7 Å². The van der Waals surface area contributed by atoms with Gasteiger partial charge in [-0.25, -0.2) is 9.79 Å². The van der Waals surface area contributed by atoms with Gasteiger partial charge in [0.25, 0.3) is 5.56 Å². The summed E-state index contributed by atoms with van der Waals surface area (Å²) in [6.45, 7) is 14.3. The van der Waals surface area contributed by atoms with Gasteiger partial charge in [-0.2, -0.15) is 0 Å². The average Bonchev–Trinajstić information content (AvgIpc) is 2.94. The van der Waals surface area contributed by atoms with Crippen LogP contribution < -0.4 is 21.9 Å². The number of guanidine groups is 1.